The Morgan fingerprint density at radius 2 is 2.00 bits per heavy atom. The molecule has 5 atom stereocenters. The number of nitrogens with zero attached hydrogens (tertiary/aromatic N) is 1. The van der Waals surface area contributed by atoms with Crippen molar-refractivity contribution in [2.45, 2.75) is 39.2 Å². The number of hydrogen-bond donors (Lipinski definition) is 1. The maximum atomic E-state index is 12.5. The maximum Gasteiger partial charge on any atom is 0.338 e. The van der Waals surface area contributed by atoms with Crippen molar-refractivity contribution in [2.75, 3.05) is 13.2 Å². The Morgan fingerprint density at radius 1 is 1.30 bits per heavy atom. The van der Waals surface area contributed by atoms with Crippen molar-refractivity contribution in [3.63, 3.8) is 0 Å². The molecule has 30 heavy (non-hydrogen) atoms. The third kappa shape index (κ3) is 3.19. The van der Waals surface area contributed by atoms with Crippen LogP contribution in [-0.2, 0) is 14.3 Å². The Labute approximate surface area is 174 Å². The number of hydrogen-bond acceptors (Lipinski definition) is 7. The largest absolute Gasteiger partial charge is 0.462 e. The first-order valence-electron chi connectivity index (χ1n) is 10.1. The molecule has 4 rings (SSSR count). The summed E-state index contributed by atoms with van der Waals surface area (Å²) in [6, 6.07) is 5.29. The molecule has 8 heteroatoms. The summed E-state index contributed by atoms with van der Waals surface area (Å²) in [5, 5.41) is 21.7. The van der Waals surface area contributed by atoms with Gasteiger partial charge < -0.3 is 14.6 Å². The van der Waals surface area contributed by atoms with E-state index in [-0.39, 0.29) is 41.1 Å². The molecule has 2 fully saturated rings. The predicted octanol–water partition coefficient (Wildman–Crippen LogP) is 3.04. The van der Waals surface area contributed by atoms with Gasteiger partial charge in [-0.25, -0.2) is 9.59 Å². The fraction of sp³-hybridized carbons (Fsp3) is 0.545. The first-order chi connectivity index (χ1) is 14.2. The van der Waals surface area contributed by atoms with Crippen molar-refractivity contribution in [3.05, 3.63) is 51.6 Å². The number of ether oxygens (including phenoxy) is 2. The number of carbonyl (C=O) groups excluding carboxylic acids is 2. The lowest BCUT2D eigenvalue weighted by Gasteiger charge is -2.57. The average Bonchev–Trinajstić information content (AvgIpc) is 3.07. The molecule has 2 aliphatic carbocycles. The van der Waals surface area contributed by atoms with E-state index in [9.17, 15) is 24.8 Å². The second-order valence-corrected chi connectivity index (χ2v) is 9.13. The molecule has 8 nitrogen and oxygen atoms in total. The second kappa shape index (κ2) is 7.19. The summed E-state index contributed by atoms with van der Waals surface area (Å²) >= 11 is 0. The Kier molecular flexibility index (Phi) is 4.92. The first-order valence-corrected chi connectivity index (χ1v) is 10.1. The van der Waals surface area contributed by atoms with Gasteiger partial charge in [-0.3, -0.25) is 10.1 Å². The molecule has 1 aromatic rings. The zero-order chi connectivity index (χ0) is 21.7. The average molecular weight is 415 g/mol. The number of aliphatic hydroxyl groups is 1. The van der Waals surface area contributed by atoms with Crippen molar-refractivity contribution in [2.24, 2.45) is 22.7 Å². The zero-order valence-electron chi connectivity index (χ0n) is 17.0. The number of nitro groups is 1. The van der Waals surface area contributed by atoms with E-state index in [0.29, 0.717) is 12.2 Å². The van der Waals surface area contributed by atoms with Crippen LogP contribution in [0.15, 0.2) is 35.9 Å². The van der Waals surface area contributed by atoms with Crippen LogP contribution in [0.25, 0.3) is 0 Å². The molecule has 0 bridgehead atoms. The second-order valence-electron chi connectivity index (χ2n) is 9.13. The van der Waals surface area contributed by atoms with Crippen LogP contribution in [0, 0.1) is 32.8 Å². The highest BCUT2D eigenvalue weighted by atomic mass is 16.6. The highest BCUT2D eigenvalue weighted by molar-refractivity contribution is 5.91. The molecule has 1 saturated carbocycles. The highest BCUT2D eigenvalue weighted by Gasteiger charge is 2.60. The van der Waals surface area contributed by atoms with Crippen LogP contribution in [0.2, 0.25) is 0 Å². The smallest absolute Gasteiger partial charge is 0.338 e. The lowest BCUT2D eigenvalue weighted by atomic mass is 9.48. The predicted molar refractivity (Wildman–Crippen MR) is 105 cm³/mol. The van der Waals surface area contributed by atoms with Gasteiger partial charge in [-0.1, -0.05) is 20.3 Å². The zero-order valence-corrected chi connectivity index (χ0v) is 17.0. The molecule has 160 valence electrons. The number of carbonyl (C=O) groups is 2. The van der Waals surface area contributed by atoms with E-state index in [2.05, 4.69) is 6.92 Å². The number of aliphatic hydroxyl groups excluding tert-OH is 1. The molecule has 1 aliphatic heterocycles. The number of esters is 2. The van der Waals surface area contributed by atoms with Crippen LogP contribution in [0.5, 0.6) is 0 Å². The number of fused-ring (bicyclic) bond motifs is 3. The maximum absolute atomic E-state index is 12.5. The van der Waals surface area contributed by atoms with Gasteiger partial charge in [-0.05, 0) is 36.5 Å². The van der Waals surface area contributed by atoms with Crippen molar-refractivity contribution in [3.8, 4) is 0 Å². The fourth-order valence-electron chi connectivity index (χ4n) is 5.85. The normalized spacial score (nSPS) is 35.0. The van der Waals surface area contributed by atoms with Gasteiger partial charge in [0, 0.05) is 35.0 Å². The Bertz CT molecular complexity index is 924. The number of benzene rings is 1. The van der Waals surface area contributed by atoms with Crippen molar-refractivity contribution in [1.82, 2.24) is 0 Å². The van der Waals surface area contributed by atoms with E-state index in [1.165, 1.54) is 24.3 Å². The lowest BCUT2D eigenvalue weighted by Crippen LogP contribution is -2.56. The molecular weight excluding hydrogens is 390 g/mol. The van der Waals surface area contributed by atoms with Crippen LogP contribution in [0.1, 0.15) is 43.5 Å². The van der Waals surface area contributed by atoms with Gasteiger partial charge >= 0.3 is 11.9 Å². The minimum atomic E-state index is -0.824. The van der Waals surface area contributed by atoms with Crippen LogP contribution in [-0.4, -0.2) is 41.3 Å². The first kappa shape index (κ1) is 20.5. The molecule has 0 unspecified atom stereocenters. The highest BCUT2D eigenvalue weighted by Crippen LogP contribution is 2.61. The van der Waals surface area contributed by atoms with Gasteiger partial charge in [0.1, 0.15) is 0 Å². The quantitative estimate of drug-likeness (QED) is 0.456. The summed E-state index contributed by atoms with van der Waals surface area (Å²) in [4.78, 5) is 34.8. The van der Waals surface area contributed by atoms with Gasteiger partial charge in [0.15, 0.2) is 0 Å². The standard InChI is InChI=1S/C22H25NO7/c1-21(12-30-19(25)13-4-6-14(7-5-13)23(27)28)8-3-9-22(2)16-11-29-20(26)15(16)10-17(24)18(21)22/h4-7,10,16-18,24H,3,8-9,11-12H2,1-2H3/t16-,17+,18-,21+,22+/m0/s1. The summed E-state index contributed by atoms with van der Waals surface area (Å²) in [7, 11) is 0. The van der Waals surface area contributed by atoms with E-state index >= 15 is 0 Å². The van der Waals surface area contributed by atoms with Crippen LogP contribution >= 0.6 is 0 Å². The molecule has 0 spiro atoms. The van der Waals surface area contributed by atoms with Crippen molar-refractivity contribution in [1.29, 1.82) is 0 Å². The molecule has 0 aromatic heterocycles. The van der Waals surface area contributed by atoms with E-state index in [1.54, 1.807) is 6.08 Å². The van der Waals surface area contributed by atoms with Gasteiger partial charge in [0.2, 0.25) is 0 Å². The minimum Gasteiger partial charge on any atom is -0.462 e. The van der Waals surface area contributed by atoms with Crippen LogP contribution in [0.3, 0.4) is 0 Å². The van der Waals surface area contributed by atoms with E-state index in [1.807, 2.05) is 6.92 Å². The third-order valence-corrected chi connectivity index (χ3v) is 7.25. The van der Waals surface area contributed by atoms with E-state index in [4.69, 9.17) is 9.47 Å². The number of nitro benzene ring substituents is 1. The monoisotopic (exact) mass is 415 g/mol. The summed E-state index contributed by atoms with van der Waals surface area (Å²) in [6.07, 6.45) is 3.33. The molecule has 1 heterocycles. The van der Waals surface area contributed by atoms with Crippen LogP contribution < -0.4 is 0 Å². The molecule has 1 N–H and O–H groups in total. The summed E-state index contributed by atoms with van der Waals surface area (Å²) in [6.45, 7) is 4.54. The lowest BCUT2D eigenvalue weighted by molar-refractivity contribution is -0.384. The molecule has 0 radical (unpaired) electrons. The van der Waals surface area contributed by atoms with Crippen molar-refractivity contribution >= 4 is 17.6 Å². The SMILES string of the molecule is C[C@]1(COC(=O)c2ccc([N+](=O)[O-])cc2)CCC[C@]2(C)[C@H]3COC(=O)C3=C[C@@H](O)[C@@H]12. The van der Waals surface area contributed by atoms with E-state index in [0.717, 1.165) is 19.3 Å². The summed E-state index contributed by atoms with van der Waals surface area (Å²) in [5.74, 6) is -1.16. The van der Waals surface area contributed by atoms with Gasteiger partial charge in [0.25, 0.3) is 5.69 Å². The summed E-state index contributed by atoms with van der Waals surface area (Å²) < 4.78 is 10.9. The van der Waals surface area contributed by atoms with Crippen molar-refractivity contribution < 1.29 is 29.1 Å². The topological polar surface area (TPSA) is 116 Å². The number of non-ortho nitro benzene ring substituents is 1. The summed E-state index contributed by atoms with van der Waals surface area (Å²) in [5.41, 5.74) is -0.0982. The van der Waals surface area contributed by atoms with Crippen LogP contribution in [0.4, 0.5) is 5.69 Å². The fourth-order valence-corrected chi connectivity index (χ4v) is 5.85. The third-order valence-electron chi connectivity index (χ3n) is 7.25. The molecule has 1 aromatic carbocycles. The molecular formula is C22H25NO7. The molecule has 0 amide bonds. The van der Waals surface area contributed by atoms with Gasteiger partial charge in [-0.15, -0.1) is 0 Å². The number of rotatable bonds is 4. The molecule has 3 aliphatic rings. The van der Waals surface area contributed by atoms with E-state index < -0.39 is 22.4 Å². The minimum absolute atomic E-state index is 0.0663. The number of cyclic esters (lactones) is 1. The van der Waals surface area contributed by atoms with Gasteiger partial charge in [0.05, 0.1) is 29.8 Å². The Morgan fingerprint density at radius 3 is 2.67 bits per heavy atom. The van der Waals surface area contributed by atoms with Gasteiger partial charge in [-0.2, -0.15) is 0 Å². The Balaban J connectivity index is 1.54. The Hall–Kier alpha value is -2.74. The molecule has 1 saturated heterocycles.